The van der Waals surface area contributed by atoms with E-state index >= 15 is 0 Å². The standard InChI is InChI=1S/C15H16F2N2/c1-8-4-5-12(11(16)6-8)19-15-13(17)9(2)7-10(3)14(15)18/h4-7,19H,18H2,1-3H3. The molecular formula is C15H16F2N2. The number of hydrogen-bond donors (Lipinski definition) is 2. The lowest BCUT2D eigenvalue weighted by atomic mass is 10.1. The largest absolute Gasteiger partial charge is 0.397 e. The van der Waals surface area contributed by atoms with E-state index < -0.39 is 11.6 Å². The van der Waals surface area contributed by atoms with Gasteiger partial charge in [-0.1, -0.05) is 12.1 Å². The summed E-state index contributed by atoms with van der Waals surface area (Å²) in [6.07, 6.45) is 0. The zero-order chi connectivity index (χ0) is 14.2. The number of aryl methyl sites for hydroxylation is 3. The first-order valence-electron chi connectivity index (χ1n) is 5.98. The maximum atomic E-state index is 14.1. The number of nitrogen functional groups attached to an aromatic ring is 1. The third kappa shape index (κ3) is 2.52. The summed E-state index contributed by atoms with van der Waals surface area (Å²) in [7, 11) is 0. The summed E-state index contributed by atoms with van der Waals surface area (Å²) in [5, 5.41) is 2.74. The summed E-state index contributed by atoms with van der Waals surface area (Å²) in [5.74, 6) is -0.888. The average Bonchev–Trinajstić information content (AvgIpc) is 2.34. The maximum Gasteiger partial charge on any atom is 0.151 e. The molecule has 0 radical (unpaired) electrons. The second-order valence-electron chi connectivity index (χ2n) is 4.72. The maximum absolute atomic E-state index is 14.1. The molecule has 0 amide bonds. The van der Waals surface area contributed by atoms with Gasteiger partial charge in [0.1, 0.15) is 5.82 Å². The molecule has 0 saturated carbocycles. The van der Waals surface area contributed by atoms with Crippen molar-refractivity contribution in [2.45, 2.75) is 20.8 Å². The van der Waals surface area contributed by atoms with Crippen LogP contribution in [-0.4, -0.2) is 0 Å². The molecule has 2 aromatic carbocycles. The number of nitrogens with one attached hydrogen (secondary N) is 1. The van der Waals surface area contributed by atoms with Gasteiger partial charge < -0.3 is 11.1 Å². The summed E-state index contributed by atoms with van der Waals surface area (Å²) in [6.45, 7) is 5.23. The van der Waals surface area contributed by atoms with Crippen LogP contribution >= 0.6 is 0 Å². The Hall–Kier alpha value is -2.10. The fourth-order valence-electron chi connectivity index (χ4n) is 1.96. The van der Waals surface area contributed by atoms with E-state index in [0.29, 0.717) is 11.3 Å². The molecule has 4 heteroatoms. The predicted molar refractivity (Wildman–Crippen MR) is 74.7 cm³/mol. The molecule has 0 aliphatic carbocycles. The molecule has 0 bridgehead atoms. The van der Waals surface area contributed by atoms with Crippen molar-refractivity contribution in [1.82, 2.24) is 0 Å². The van der Waals surface area contributed by atoms with Crippen LogP contribution in [0.3, 0.4) is 0 Å². The SMILES string of the molecule is Cc1ccc(Nc2c(N)c(C)cc(C)c2F)c(F)c1. The minimum atomic E-state index is -0.455. The Labute approximate surface area is 111 Å². The highest BCUT2D eigenvalue weighted by Crippen LogP contribution is 2.32. The Bertz CT molecular complexity index is 610. The summed E-state index contributed by atoms with van der Waals surface area (Å²) in [6, 6.07) is 6.38. The van der Waals surface area contributed by atoms with Gasteiger partial charge in [0.05, 0.1) is 17.1 Å². The van der Waals surface area contributed by atoms with E-state index in [1.807, 2.05) is 0 Å². The topological polar surface area (TPSA) is 38.0 Å². The quantitative estimate of drug-likeness (QED) is 0.795. The van der Waals surface area contributed by atoms with Crippen molar-refractivity contribution in [3.8, 4) is 0 Å². The second kappa shape index (κ2) is 4.88. The van der Waals surface area contributed by atoms with Gasteiger partial charge >= 0.3 is 0 Å². The average molecular weight is 262 g/mol. The molecule has 2 rings (SSSR count). The molecule has 0 saturated heterocycles. The lowest BCUT2D eigenvalue weighted by Crippen LogP contribution is -2.04. The Kier molecular flexibility index (Phi) is 3.42. The van der Waals surface area contributed by atoms with Crippen LogP contribution in [0.5, 0.6) is 0 Å². The third-order valence-electron chi connectivity index (χ3n) is 3.08. The molecular weight excluding hydrogens is 246 g/mol. The minimum Gasteiger partial charge on any atom is -0.397 e. The van der Waals surface area contributed by atoms with Gasteiger partial charge in [-0.25, -0.2) is 8.78 Å². The van der Waals surface area contributed by atoms with Crippen LogP contribution < -0.4 is 11.1 Å². The van der Waals surface area contributed by atoms with Gasteiger partial charge in [0, 0.05) is 0 Å². The van der Waals surface area contributed by atoms with Crippen LogP contribution in [0.25, 0.3) is 0 Å². The molecule has 19 heavy (non-hydrogen) atoms. The predicted octanol–water partition coefficient (Wildman–Crippen LogP) is 4.22. The van der Waals surface area contributed by atoms with E-state index in [1.54, 1.807) is 39.0 Å². The van der Waals surface area contributed by atoms with Crippen molar-refractivity contribution < 1.29 is 8.78 Å². The summed E-state index contributed by atoms with van der Waals surface area (Å²) >= 11 is 0. The molecule has 3 N–H and O–H groups in total. The fraction of sp³-hybridized carbons (Fsp3) is 0.200. The molecule has 0 aromatic heterocycles. The smallest absolute Gasteiger partial charge is 0.151 e. The van der Waals surface area contributed by atoms with E-state index in [0.717, 1.165) is 11.1 Å². The first-order valence-corrected chi connectivity index (χ1v) is 5.98. The van der Waals surface area contributed by atoms with Crippen LogP contribution in [0, 0.1) is 32.4 Å². The molecule has 0 heterocycles. The van der Waals surface area contributed by atoms with Crippen LogP contribution in [0.1, 0.15) is 16.7 Å². The fourth-order valence-corrected chi connectivity index (χ4v) is 1.96. The number of rotatable bonds is 2. The van der Waals surface area contributed by atoms with Gasteiger partial charge in [0.15, 0.2) is 5.82 Å². The zero-order valence-corrected chi connectivity index (χ0v) is 11.1. The number of hydrogen-bond acceptors (Lipinski definition) is 2. The van der Waals surface area contributed by atoms with Crippen LogP contribution in [0.2, 0.25) is 0 Å². The van der Waals surface area contributed by atoms with Crippen molar-refractivity contribution in [2.75, 3.05) is 11.1 Å². The van der Waals surface area contributed by atoms with Gasteiger partial charge in [-0.3, -0.25) is 0 Å². The monoisotopic (exact) mass is 262 g/mol. The van der Waals surface area contributed by atoms with Gasteiger partial charge in [0.2, 0.25) is 0 Å². The Morgan fingerprint density at radius 3 is 2.32 bits per heavy atom. The van der Waals surface area contributed by atoms with Crippen LogP contribution in [0.15, 0.2) is 24.3 Å². The minimum absolute atomic E-state index is 0.125. The Morgan fingerprint density at radius 2 is 1.68 bits per heavy atom. The molecule has 0 aliphatic heterocycles. The van der Waals surface area contributed by atoms with E-state index in [2.05, 4.69) is 5.32 Å². The summed E-state index contributed by atoms with van der Waals surface area (Å²) < 4.78 is 27.8. The molecule has 100 valence electrons. The van der Waals surface area contributed by atoms with E-state index in [4.69, 9.17) is 5.73 Å². The van der Waals surface area contributed by atoms with Gasteiger partial charge in [0.25, 0.3) is 0 Å². The molecule has 2 nitrogen and oxygen atoms in total. The lowest BCUT2D eigenvalue weighted by molar-refractivity contribution is 0.619. The van der Waals surface area contributed by atoms with Crippen molar-refractivity contribution in [2.24, 2.45) is 0 Å². The number of benzene rings is 2. The third-order valence-corrected chi connectivity index (χ3v) is 3.08. The Morgan fingerprint density at radius 1 is 1.00 bits per heavy atom. The van der Waals surface area contributed by atoms with Crippen molar-refractivity contribution in [3.63, 3.8) is 0 Å². The number of nitrogens with two attached hydrogens (primary N) is 1. The lowest BCUT2D eigenvalue weighted by Gasteiger charge is -2.15. The normalized spacial score (nSPS) is 10.6. The van der Waals surface area contributed by atoms with Crippen molar-refractivity contribution in [3.05, 3.63) is 52.6 Å². The highest BCUT2D eigenvalue weighted by atomic mass is 19.1. The van der Waals surface area contributed by atoms with Crippen LogP contribution in [-0.2, 0) is 0 Å². The van der Waals surface area contributed by atoms with Crippen molar-refractivity contribution in [1.29, 1.82) is 0 Å². The second-order valence-corrected chi connectivity index (χ2v) is 4.72. The number of halogens is 2. The molecule has 2 aromatic rings. The van der Waals surface area contributed by atoms with Crippen molar-refractivity contribution >= 4 is 17.1 Å². The van der Waals surface area contributed by atoms with E-state index in [9.17, 15) is 8.78 Å². The van der Waals surface area contributed by atoms with E-state index in [1.165, 1.54) is 6.07 Å². The van der Waals surface area contributed by atoms with Gasteiger partial charge in [-0.2, -0.15) is 0 Å². The van der Waals surface area contributed by atoms with Gasteiger partial charge in [-0.05, 0) is 49.6 Å². The van der Waals surface area contributed by atoms with Gasteiger partial charge in [-0.15, -0.1) is 0 Å². The van der Waals surface area contributed by atoms with Crippen LogP contribution in [0.4, 0.5) is 25.8 Å². The molecule has 0 atom stereocenters. The van der Waals surface area contributed by atoms with E-state index in [-0.39, 0.29) is 11.4 Å². The highest BCUT2D eigenvalue weighted by Gasteiger charge is 2.14. The summed E-state index contributed by atoms with van der Waals surface area (Å²) in [5.41, 5.74) is 8.52. The molecule has 0 unspecified atom stereocenters. The molecule has 0 spiro atoms. The molecule has 0 fully saturated rings. The number of anilines is 3. The highest BCUT2D eigenvalue weighted by molar-refractivity contribution is 5.76. The first kappa shape index (κ1) is 13.3. The summed E-state index contributed by atoms with van der Waals surface area (Å²) in [4.78, 5) is 0. The Balaban J connectivity index is 2.49. The zero-order valence-electron chi connectivity index (χ0n) is 11.1. The first-order chi connectivity index (χ1) is 8.90. The molecule has 0 aliphatic rings.